The molecule has 0 radical (unpaired) electrons. The van der Waals surface area contributed by atoms with E-state index in [-0.39, 0.29) is 0 Å². The van der Waals surface area contributed by atoms with E-state index in [4.69, 9.17) is 9.47 Å². The molecule has 0 atom stereocenters. The van der Waals surface area contributed by atoms with Crippen molar-refractivity contribution in [3.63, 3.8) is 0 Å². The van der Waals surface area contributed by atoms with Gasteiger partial charge in [0.1, 0.15) is 11.5 Å². The summed E-state index contributed by atoms with van der Waals surface area (Å²) in [5.74, 6) is 1.81. The second kappa shape index (κ2) is 5.88. The van der Waals surface area contributed by atoms with Crippen molar-refractivity contribution in [1.29, 1.82) is 0 Å². The molecule has 2 heteroatoms. The maximum Gasteiger partial charge on any atom is 0.133 e. The highest BCUT2D eigenvalue weighted by atomic mass is 16.5. The Bertz CT molecular complexity index is 834. The summed E-state index contributed by atoms with van der Waals surface area (Å²) in [4.78, 5) is 0. The number of methoxy groups -OCH3 is 2. The van der Waals surface area contributed by atoms with Gasteiger partial charge in [0.05, 0.1) is 19.6 Å². The Labute approximate surface area is 131 Å². The molecule has 3 aromatic carbocycles. The van der Waals surface area contributed by atoms with Crippen LogP contribution in [0, 0.1) is 0 Å². The van der Waals surface area contributed by atoms with Crippen molar-refractivity contribution in [1.82, 2.24) is 0 Å². The van der Waals surface area contributed by atoms with Crippen molar-refractivity contribution in [3.05, 3.63) is 47.5 Å². The van der Waals surface area contributed by atoms with Gasteiger partial charge in [-0.25, -0.2) is 0 Å². The van der Waals surface area contributed by atoms with E-state index in [0.717, 1.165) is 29.7 Å². The number of ether oxygens (including phenoxy) is 2. The smallest absolute Gasteiger partial charge is 0.133 e. The lowest BCUT2D eigenvalue weighted by molar-refractivity contribution is 0.403. The van der Waals surface area contributed by atoms with Crippen LogP contribution in [0.25, 0.3) is 21.5 Å². The molecule has 0 fully saturated rings. The summed E-state index contributed by atoms with van der Waals surface area (Å²) < 4.78 is 11.4. The van der Waals surface area contributed by atoms with E-state index in [2.05, 4.69) is 50.2 Å². The van der Waals surface area contributed by atoms with Crippen LogP contribution in [0.15, 0.2) is 36.4 Å². The van der Waals surface area contributed by atoms with E-state index in [9.17, 15) is 0 Å². The number of fused-ring (bicyclic) bond motifs is 3. The number of benzene rings is 3. The predicted molar refractivity (Wildman–Crippen MR) is 93.3 cm³/mol. The van der Waals surface area contributed by atoms with Crippen LogP contribution in [0.1, 0.15) is 25.0 Å². The highest BCUT2D eigenvalue weighted by Gasteiger charge is 2.15. The zero-order chi connectivity index (χ0) is 15.7. The molecule has 0 unspecified atom stereocenters. The van der Waals surface area contributed by atoms with E-state index < -0.39 is 0 Å². The van der Waals surface area contributed by atoms with Gasteiger partial charge in [-0.2, -0.15) is 0 Å². The second-order valence-corrected chi connectivity index (χ2v) is 5.52. The minimum absolute atomic E-state index is 0.878. The molecule has 0 heterocycles. The van der Waals surface area contributed by atoms with Crippen molar-refractivity contribution in [3.8, 4) is 11.5 Å². The van der Waals surface area contributed by atoms with Crippen LogP contribution in [0.4, 0.5) is 0 Å². The molecule has 3 rings (SSSR count). The van der Waals surface area contributed by atoms with Gasteiger partial charge in [-0.15, -0.1) is 0 Å². The van der Waals surface area contributed by atoms with Crippen LogP contribution in [-0.2, 0) is 12.8 Å². The first-order chi connectivity index (χ1) is 10.7. The molecule has 0 saturated heterocycles. The summed E-state index contributed by atoms with van der Waals surface area (Å²) in [7, 11) is 3.46. The van der Waals surface area contributed by atoms with Gasteiger partial charge < -0.3 is 9.47 Å². The third kappa shape index (κ3) is 2.19. The topological polar surface area (TPSA) is 18.5 Å². The van der Waals surface area contributed by atoms with Crippen LogP contribution >= 0.6 is 0 Å². The molecular weight excluding hydrogens is 272 g/mol. The summed E-state index contributed by atoms with van der Waals surface area (Å²) in [6.07, 6.45) is 1.98. The minimum Gasteiger partial charge on any atom is -0.496 e. The summed E-state index contributed by atoms with van der Waals surface area (Å²) in [6, 6.07) is 13.1. The fourth-order valence-corrected chi connectivity index (χ4v) is 3.18. The summed E-state index contributed by atoms with van der Waals surface area (Å²) in [5, 5.41) is 4.72. The van der Waals surface area contributed by atoms with E-state index in [0.29, 0.717) is 0 Å². The van der Waals surface area contributed by atoms with Crippen molar-refractivity contribution >= 4 is 21.5 Å². The lowest BCUT2D eigenvalue weighted by Crippen LogP contribution is -1.95. The molecule has 0 aliphatic heterocycles. The zero-order valence-electron chi connectivity index (χ0n) is 13.7. The van der Waals surface area contributed by atoms with Crippen molar-refractivity contribution < 1.29 is 9.47 Å². The molecule has 0 aliphatic rings. The number of hydrogen-bond acceptors (Lipinski definition) is 2. The maximum absolute atomic E-state index is 5.71. The third-order valence-electron chi connectivity index (χ3n) is 4.39. The highest BCUT2D eigenvalue weighted by molar-refractivity contribution is 6.13. The molecular formula is C20H22O2. The minimum atomic E-state index is 0.878. The largest absolute Gasteiger partial charge is 0.496 e. The lowest BCUT2D eigenvalue weighted by Gasteiger charge is -2.16. The number of aryl methyl sites for hydroxylation is 2. The van der Waals surface area contributed by atoms with E-state index in [1.54, 1.807) is 14.2 Å². The van der Waals surface area contributed by atoms with Gasteiger partial charge in [0.25, 0.3) is 0 Å². The van der Waals surface area contributed by atoms with Gasteiger partial charge in [0.2, 0.25) is 0 Å². The Morgan fingerprint density at radius 2 is 1.59 bits per heavy atom. The van der Waals surface area contributed by atoms with Crippen LogP contribution in [0.5, 0.6) is 11.5 Å². The van der Waals surface area contributed by atoms with Crippen LogP contribution in [-0.4, -0.2) is 14.2 Å². The van der Waals surface area contributed by atoms with Crippen molar-refractivity contribution in [2.24, 2.45) is 0 Å². The molecule has 3 aromatic rings. The standard InChI is InChI=1S/C20H22O2/c1-5-13-7-9-16-15(11-13)12-18(21-3)19-17(16)10-8-14(6-2)20(19)22-4/h7-12H,5-6H2,1-4H3. The van der Waals surface area contributed by atoms with Crippen LogP contribution in [0.2, 0.25) is 0 Å². The third-order valence-corrected chi connectivity index (χ3v) is 4.39. The molecule has 0 aromatic heterocycles. The average molecular weight is 294 g/mol. The van der Waals surface area contributed by atoms with Gasteiger partial charge in [-0.3, -0.25) is 0 Å². The van der Waals surface area contributed by atoms with E-state index in [1.165, 1.54) is 27.3 Å². The van der Waals surface area contributed by atoms with Gasteiger partial charge >= 0.3 is 0 Å². The average Bonchev–Trinajstić information content (AvgIpc) is 2.58. The quantitative estimate of drug-likeness (QED) is 0.621. The molecule has 2 nitrogen and oxygen atoms in total. The number of rotatable bonds is 4. The molecule has 0 amide bonds. The van der Waals surface area contributed by atoms with Gasteiger partial charge in [0.15, 0.2) is 0 Å². The first-order valence-corrected chi connectivity index (χ1v) is 7.82. The summed E-state index contributed by atoms with van der Waals surface area (Å²) in [5.41, 5.74) is 2.55. The molecule has 22 heavy (non-hydrogen) atoms. The summed E-state index contributed by atoms with van der Waals surface area (Å²) in [6.45, 7) is 4.32. The van der Waals surface area contributed by atoms with E-state index in [1.807, 2.05) is 0 Å². The predicted octanol–water partition coefficient (Wildman–Crippen LogP) is 5.14. The van der Waals surface area contributed by atoms with Crippen molar-refractivity contribution in [2.75, 3.05) is 14.2 Å². The lowest BCUT2D eigenvalue weighted by atomic mass is 9.96. The molecule has 0 aliphatic carbocycles. The fourth-order valence-electron chi connectivity index (χ4n) is 3.18. The van der Waals surface area contributed by atoms with Gasteiger partial charge in [-0.05, 0) is 46.2 Å². The highest BCUT2D eigenvalue weighted by Crippen LogP contribution is 2.41. The Morgan fingerprint density at radius 1 is 0.818 bits per heavy atom. The zero-order valence-corrected chi connectivity index (χ0v) is 13.7. The Morgan fingerprint density at radius 3 is 2.23 bits per heavy atom. The maximum atomic E-state index is 5.71. The molecule has 0 saturated carbocycles. The first-order valence-electron chi connectivity index (χ1n) is 7.82. The molecule has 0 N–H and O–H groups in total. The molecule has 0 spiro atoms. The monoisotopic (exact) mass is 294 g/mol. The number of hydrogen-bond donors (Lipinski definition) is 0. The van der Waals surface area contributed by atoms with E-state index >= 15 is 0 Å². The Balaban J connectivity index is 2.47. The van der Waals surface area contributed by atoms with Crippen LogP contribution < -0.4 is 9.47 Å². The SMILES string of the molecule is CCc1ccc2c(c1)cc(OC)c1c(OC)c(CC)ccc12. The van der Waals surface area contributed by atoms with Gasteiger partial charge in [0, 0.05) is 0 Å². The summed E-state index contributed by atoms with van der Waals surface area (Å²) >= 11 is 0. The van der Waals surface area contributed by atoms with Gasteiger partial charge in [-0.1, -0.05) is 44.2 Å². The normalized spacial score (nSPS) is 11.1. The Hall–Kier alpha value is -2.22. The fraction of sp³-hybridized carbons (Fsp3) is 0.300. The second-order valence-electron chi connectivity index (χ2n) is 5.52. The Kier molecular flexibility index (Phi) is 3.93. The van der Waals surface area contributed by atoms with Crippen molar-refractivity contribution in [2.45, 2.75) is 26.7 Å². The first kappa shape index (κ1) is 14.7. The molecule has 0 bridgehead atoms. The van der Waals surface area contributed by atoms with Crippen LogP contribution in [0.3, 0.4) is 0 Å². The molecule has 114 valence electrons.